The molecule has 2 atom stereocenters. The number of fused-ring (bicyclic) bond motifs is 1. The minimum Gasteiger partial charge on any atom is -0.478 e. The summed E-state index contributed by atoms with van der Waals surface area (Å²) in [4.78, 5) is 38.1. The molecule has 2 unspecified atom stereocenters. The molecule has 5 nitrogen and oxygen atoms in total. The molecular weight excluding hydrogens is 278 g/mol. The van der Waals surface area contributed by atoms with Crippen LogP contribution in [0.25, 0.3) is 0 Å². The summed E-state index contributed by atoms with van der Waals surface area (Å²) < 4.78 is 0. The first-order chi connectivity index (χ1) is 9.50. The fourth-order valence-electron chi connectivity index (χ4n) is 3.18. The standard InChI is InChI=1S/C14H15NO4S/c1-7-6-10(14(18)19)13(20-7)15-11(16)8-4-2-3-5-9(8)12(15)17/h6,8-9H,2-5H2,1H3,(H,18,19). The second-order valence-corrected chi connectivity index (χ2v) is 6.63. The molecule has 1 aliphatic heterocycles. The number of aryl methyl sites for hydroxylation is 1. The molecule has 0 radical (unpaired) electrons. The number of hydrogen-bond acceptors (Lipinski definition) is 4. The van der Waals surface area contributed by atoms with Crippen molar-refractivity contribution in [3.8, 4) is 0 Å². The molecule has 106 valence electrons. The lowest BCUT2D eigenvalue weighted by atomic mass is 9.81. The van der Waals surface area contributed by atoms with E-state index in [0.717, 1.165) is 35.5 Å². The smallest absolute Gasteiger partial charge is 0.338 e. The van der Waals surface area contributed by atoms with E-state index in [1.807, 2.05) is 0 Å². The lowest BCUT2D eigenvalue weighted by Gasteiger charge is -2.19. The van der Waals surface area contributed by atoms with E-state index in [0.29, 0.717) is 0 Å². The Morgan fingerprint density at radius 2 is 1.80 bits per heavy atom. The number of imide groups is 1. The van der Waals surface area contributed by atoms with Crippen molar-refractivity contribution >= 4 is 34.1 Å². The Labute approximate surface area is 120 Å². The molecule has 0 aromatic carbocycles. The van der Waals surface area contributed by atoms with Crippen LogP contribution in [0.3, 0.4) is 0 Å². The number of carboxylic acid groups (broad SMARTS) is 1. The monoisotopic (exact) mass is 293 g/mol. The first kappa shape index (κ1) is 13.3. The van der Waals surface area contributed by atoms with Crippen molar-refractivity contribution in [2.75, 3.05) is 4.90 Å². The minimum absolute atomic E-state index is 0.0489. The fourth-order valence-corrected chi connectivity index (χ4v) is 4.19. The van der Waals surface area contributed by atoms with Crippen LogP contribution in [-0.4, -0.2) is 22.9 Å². The highest BCUT2D eigenvalue weighted by Crippen LogP contribution is 2.43. The molecule has 2 aliphatic rings. The van der Waals surface area contributed by atoms with Gasteiger partial charge < -0.3 is 5.11 Å². The van der Waals surface area contributed by atoms with Crippen LogP contribution in [0.2, 0.25) is 0 Å². The van der Waals surface area contributed by atoms with Gasteiger partial charge in [0.05, 0.1) is 17.4 Å². The molecule has 20 heavy (non-hydrogen) atoms. The Bertz CT molecular complexity index is 582. The third-order valence-corrected chi connectivity index (χ3v) is 5.15. The highest BCUT2D eigenvalue weighted by Gasteiger charge is 2.50. The van der Waals surface area contributed by atoms with Gasteiger partial charge in [0.1, 0.15) is 5.00 Å². The van der Waals surface area contributed by atoms with Crippen LogP contribution in [0.1, 0.15) is 40.9 Å². The van der Waals surface area contributed by atoms with Crippen molar-refractivity contribution in [2.45, 2.75) is 32.6 Å². The van der Waals surface area contributed by atoms with Crippen molar-refractivity contribution < 1.29 is 19.5 Å². The fraction of sp³-hybridized carbons (Fsp3) is 0.500. The molecule has 2 amide bonds. The summed E-state index contributed by atoms with van der Waals surface area (Å²) in [6.07, 6.45) is 3.39. The van der Waals surface area contributed by atoms with Gasteiger partial charge >= 0.3 is 5.97 Å². The number of carboxylic acids is 1. The molecule has 3 rings (SSSR count). The Morgan fingerprint density at radius 3 is 2.30 bits per heavy atom. The average Bonchev–Trinajstić information content (AvgIpc) is 2.90. The van der Waals surface area contributed by atoms with Crippen LogP contribution < -0.4 is 4.90 Å². The van der Waals surface area contributed by atoms with Gasteiger partial charge in [-0.25, -0.2) is 9.69 Å². The highest BCUT2D eigenvalue weighted by molar-refractivity contribution is 7.17. The summed E-state index contributed by atoms with van der Waals surface area (Å²) in [7, 11) is 0. The summed E-state index contributed by atoms with van der Waals surface area (Å²) in [5.41, 5.74) is 0.0489. The number of thiophene rings is 1. The van der Waals surface area contributed by atoms with Crippen molar-refractivity contribution in [1.29, 1.82) is 0 Å². The number of rotatable bonds is 2. The van der Waals surface area contributed by atoms with E-state index in [-0.39, 0.29) is 34.2 Å². The van der Waals surface area contributed by atoms with Gasteiger partial charge in [0.15, 0.2) is 0 Å². The van der Waals surface area contributed by atoms with E-state index in [9.17, 15) is 19.5 Å². The van der Waals surface area contributed by atoms with E-state index in [1.165, 1.54) is 17.4 Å². The zero-order chi connectivity index (χ0) is 14.4. The van der Waals surface area contributed by atoms with Gasteiger partial charge in [-0.3, -0.25) is 9.59 Å². The van der Waals surface area contributed by atoms with Gasteiger partial charge in [0.25, 0.3) is 0 Å². The summed E-state index contributed by atoms with van der Waals surface area (Å²) in [6.45, 7) is 1.78. The van der Waals surface area contributed by atoms with Crippen LogP contribution in [0.5, 0.6) is 0 Å². The van der Waals surface area contributed by atoms with E-state index >= 15 is 0 Å². The molecule has 0 spiro atoms. The first-order valence-corrected chi connectivity index (χ1v) is 7.54. The predicted molar refractivity (Wildman–Crippen MR) is 74.0 cm³/mol. The lowest BCUT2D eigenvalue weighted by molar-refractivity contribution is -0.122. The summed E-state index contributed by atoms with van der Waals surface area (Å²) >= 11 is 1.20. The van der Waals surface area contributed by atoms with Crippen LogP contribution in [-0.2, 0) is 9.59 Å². The molecule has 1 aliphatic carbocycles. The summed E-state index contributed by atoms with van der Waals surface area (Å²) in [5.74, 6) is -2.03. The maximum Gasteiger partial charge on any atom is 0.338 e. The van der Waals surface area contributed by atoms with Crippen LogP contribution in [0, 0.1) is 18.8 Å². The molecule has 2 fully saturated rings. The predicted octanol–water partition coefficient (Wildman–Crippen LogP) is 2.43. The van der Waals surface area contributed by atoms with E-state index in [2.05, 4.69) is 0 Å². The minimum atomic E-state index is -1.10. The molecule has 2 heterocycles. The van der Waals surface area contributed by atoms with Crippen LogP contribution in [0.4, 0.5) is 5.00 Å². The zero-order valence-corrected chi connectivity index (χ0v) is 11.9. The number of hydrogen-bond donors (Lipinski definition) is 1. The van der Waals surface area contributed by atoms with Gasteiger partial charge in [-0.1, -0.05) is 12.8 Å². The normalized spacial score (nSPS) is 25.9. The molecule has 1 aromatic heterocycles. The number of aromatic carboxylic acids is 1. The number of carbonyl (C=O) groups excluding carboxylic acids is 2. The van der Waals surface area contributed by atoms with Crippen LogP contribution in [0.15, 0.2) is 6.07 Å². The third-order valence-electron chi connectivity index (χ3n) is 4.11. The van der Waals surface area contributed by atoms with Crippen LogP contribution >= 0.6 is 11.3 Å². The van der Waals surface area contributed by atoms with Gasteiger partial charge in [-0.15, -0.1) is 11.3 Å². The molecule has 1 aromatic rings. The molecule has 0 bridgehead atoms. The van der Waals surface area contributed by atoms with Crippen molar-refractivity contribution in [1.82, 2.24) is 0 Å². The largest absolute Gasteiger partial charge is 0.478 e. The number of anilines is 1. The highest BCUT2D eigenvalue weighted by atomic mass is 32.1. The maximum absolute atomic E-state index is 12.5. The average molecular weight is 293 g/mol. The number of carbonyl (C=O) groups is 3. The van der Waals surface area contributed by atoms with E-state index < -0.39 is 5.97 Å². The molecule has 1 N–H and O–H groups in total. The lowest BCUT2D eigenvalue weighted by Crippen LogP contribution is -2.31. The number of nitrogens with zero attached hydrogens (tertiary/aromatic N) is 1. The zero-order valence-electron chi connectivity index (χ0n) is 11.1. The third kappa shape index (κ3) is 1.86. The van der Waals surface area contributed by atoms with Crippen molar-refractivity contribution in [2.24, 2.45) is 11.8 Å². The summed E-state index contributed by atoms with van der Waals surface area (Å²) in [6, 6.07) is 1.52. The second kappa shape index (κ2) is 4.70. The maximum atomic E-state index is 12.5. The second-order valence-electron chi connectivity index (χ2n) is 5.39. The van der Waals surface area contributed by atoms with Gasteiger partial charge in [0, 0.05) is 4.88 Å². The van der Waals surface area contributed by atoms with E-state index in [4.69, 9.17) is 0 Å². The summed E-state index contributed by atoms with van der Waals surface area (Å²) in [5, 5.41) is 9.51. The molecular formula is C14H15NO4S. The quantitative estimate of drug-likeness (QED) is 0.850. The first-order valence-electron chi connectivity index (χ1n) is 6.72. The van der Waals surface area contributed by atoms with Gasteiger partial charge in [-0.2, -0.15) is 0 Å². The Kier molecular flexibility index (Phi) is 3.12. The molecule has 6 heteroatoms. The Hall–Kier alpha value is -1.69. The van der Waals surface area contributed by atoms with Gasteiger partial charge in [0.2, 0.25) is 11.8 Å². The molecule has 1 saturated carbocycles. The Balaban J connectivity index is 2.04. The van der Waals surface area contributed by atoms with Crippen molar-refractivity contribution in [3.05, 3.63) is 16.5 Å². The van der Waals surface area contributed by atoms with E-state index in [1.54, 1.807) is 6.92 Å². The SMILES string of the molecule is Cc1cc(C(=O)O)c(N2C(=O)C3CCCCC3C2=O)s1. The van der Waals surface area contributed by atoms with Crippen molar-refractivity contribution in [3.63, 3.8) is 0 Å². The van der Waals surface area contributed by atoms with Gasteiger partial charge in [-0.05, 0) is 25.8 Å². The topological polar surface area (TPSA) is 74.7 Å². The molecule has 1 saturated heterocycles. The Morgan fingerprint density at radius 1 is 1.25 bits per heavy atom. The number of amides is 2.